The fourth-order valence-corrected chi connectivity index (χ4v) is 9.21. The number of hydrogen-bond acceptors (Lipinski definition) is 4. The van der Waals surface area contributed by atoms with Crippen molar-refractivity contribution in [1.29, 1.82) is 0 Å². The van der Waals surface area contributed by atoms with Crippen LogP contribution in [0.4, 0.5) is 0 Å². The van der Waals surface area contributed by atoms with E-state index in [1.165, 1.54) is 22.5 Å². The van der Waals surface area contributed by atoms with Gasteiger partial charge in [-0.25, -0.2) is 9.97 Å². The molecule has 0 bridgehead atoms. The van der Waals surface area contributed by atoms with Crippen LogP contribution in [0, 0.1) is 0 Å². The predicted molar refractivity (Wildman–Crippen MR) is 247 cm³/mol. The van der Waals surface area contributed by atoms with Gasteiger partial charge in [0.15, 0.2) is 5.58 Å². The first-order valence-electron chi connectivity index (χ1n) is 18.2. The summed E-state index contributed by atoms with van der Waals surface area (Å²) in [4.78, 5) is 9.42. The smallest absolute Gasteiger partial charge is 0.180 e. The molecule has 57 heavy (non-hydrogen) atoms. The van der Waals surface area contributed by atoms with E-state index in [4.69, 9.17) is 69.3 Å². The fourth-order valence-electron chi connectivity index (χ4n) is 7.83. The fraction of sp³-hybridized carbons (Fsp3) is 0. The Morgan fingerprint density at radius 3 is 1.68 bits per heavy atom. The molecule has 11 heteroatoms. The van der Waals surface area contributed by atoms with Crippen LogP contribution in [0.3, 0.4) is 0 Å². The highest BCUT2D eigenvalue weighted by atomic mass is 32.1. The van der Waals surface area contributed by atoms with Crippen LogP contribution >= 0.6 is 11.3 Å². The molecule has 0 saturated heterocycles. The molecule has 0 aliphatic heterocycles. The molecule has 0 amide bonds. The van der Waals surface area contributed by atoms with Crippen LogP contribution in [-0.4, -0.2) is 64.9 Å². The highest BCUT2D eigenvalue weighted by Crippen LogP contribution is 2.40. The standard InChI is InChI=1S/C46H21B7N2OS/c47-35-32(45-33(36(48)38(35)50)34-37(49)39(51)40(52)41(53)46(34)57-45)28-10-5-11-29(19-28)42-44-43(55-21-54-42)30-20-27(16-17-31(30)56-44)26-9-4-8-25(18-26)24-14-12-23(13-15-24)22-6-2-1-3-7-22/h1-21H. The molecule has 0 atom stereocenters. The average molecular weight is 725 g/mol. The molecule has 0 aliphatic carbocycles. The summed E-state index contributed by atoms with van der Waals surface area (Å²) in [5.74, 6) is 0. The minimum absolute atomic E-state index is 0.197. The third-order valence-electron chi connectivity index (χ3n) is 10.8. The number of thiophene rings is 1. The van der Waals surface area contributed by atoms with E-state index in [9.17, 15) is 0 Å². The summed E-state index contributed by atoms with van der Waals surface area (Å²) >= 11 is 1.39. The second kappa shape index (κ2) is 13.6. The average Bonchev–Trinajstić information content (AvgIpc) is 3.84. The number of furan rings is 1. The Balaban J connectivity index is 1.06. The third kappa shape index (κ3) is 5.66. The van der Waals surface area contributed by atoms with Gasteiger partial charge in [-0.15, -0.1) is 27.7 Å². The van der Waals surface area contributed by atoms with Crippen molar-refractivity contribution in [3.63, 3.8) is 0 Å². The quantitative estimate of drug-likeness (QED) is 0.243. The van der Waals surface area contributed by atoms with Crippen molar-refractivity contribution in [2.45, 2.75) is 0 Å². The summed E-state index contributed by atoms with van der Waals surface area (Å²) in [6.07, 6.45) is 1.56. The molecule has 0 N–H and O–H groups in total. The van der Waals surface area contributed by atoms with E-state index < -0.39 is 0 Å². The van der Waals surface area contributed by atoms with Gasteiger partial charge in [0, 0.05) is 20.3 Å². The van der Waals surface area contributed by atoms with Gasteiger partial charge in [0.05, 0.1) is 0 Å². The Labute approximate surface area is 342 Å². The maximum Gasteiger partial charge on any atom is 0.180 e. The predicted octanol–water partition coefficient (Wildman–Crippen LogP) is 4.64. The monoisotopic (exact) mass is 726 g/mol. The highest BCUT2D eigenvalue weighted by molar-refractivity contribution is 7.28. The Hall–Kier alpha value is -5.91. The maximum atomic E-state index is 6.75. The van der Waals surface area contributed by atoms with Gasteiger partial charge in [0.25, 0.3) is 0 Å². The molecular weight excluding hydrogens is 704 g/mol. The van der Waals surface area contributed by atoms with Gasteiger partial charge in [-0.05, 0) is 79.5 Å². The second-order valence-electron chi connectivity index (χ2n) is 14.1. The lowest BCUT2D eigenvalue weighted by Gasteiger charge is -2.18. The molecule has 10 rings (SSSR count). The molecule has 0 saturated carbocycles. The summed E-state index contributed by atoms with van der Waals surface area (Å²) in [5, 5.41) is 2.11. The van der Waals surface area contributed by atoms with Gasteiger partial charge in [-0.1, -0.05) is 119 Å². The Morgan fingerprint density at radius 1 is 0.421 bits per heavy atom. The SMILES string of the molecule is [B]c1c([B])c([B])c2c(sc3c(-c4cccc(-c5ncnc6c5oc5ccc(-c7cccc(-c8ccc(-c9ccccc9)cc8)c7)cc56)c4)c([B])c([B])c([B])c32)c1[B]. The Bertz CT molecular complexity index is 3270. The summed E-state index contributed by atoms with van der Waals surface area (Å²) in [6, 6.07) is 41.6. The van der Waals surface area contributed by atoms with Crippen molar-refractivity contribution in [1.82, 2.24) is 9.97 Å². The summed E-state index contributed by atoms with van der Waals surface area (Å²) in [6.45, 7) is 0. The zero-order valence-electron chi connectivity index (χ0n) is 30.4. The van der Waals surface area contributed by atoms with Crippen LogP contribution in [0.15, 0.2) is 132 Å². The van der Waals surface area contributed by atoms with E-state index in [1.807, 2.05) is 36.4 Å². The van der Waals surface area contributed by atoms with Crippen molar-refractivity contribution < 1.29 is 4.42 Å². The van der Waals surface area contributed by atoms with Gasteiger partial charge in [0.2, 0.25) is 0 Å². The molecule has 0 aliphatic rings. The van der Waals surface area contributed by atoms with E-state index in [-0.39, 0.29) is 21.9 Å². The van der Waals surface area contributed by atoms with E-state index in [2.05, 4.69) is 84.9 Å². The number of nitrogens with zero attached hydrogens (tertiary/aromatic N) is 2. The van der Waals surface area contributed by atoms with E-state index in [0.29, 0.717) is 59.8 Å². The molecule has 3 heterocycles. The topological polar surface area (TPSA) is 38.9 Å². The van der Waals surface area contributed by atoms with Crippen LogP contribution < -0.4 is 38.2 Å². The summed E-state index contributed by atoms with van der Waals surface area (Å²) in [5.41, 5.74) is 13.5. The van der Waals surface area contributed by atoms with Gasteiger partial charge >= 0.3 is 0 Å². The number of aromatic nitrogens is 2. The molecule has 248 valence electrons. The second-order valence-corrected chi connectivity index (χ2v) is 15.1. The first kappa shape index (κ1) is 35.5. The van der Waals surface area contributed by atoms with Gasteiger partial charge in [-0.3, -0.25) is 0 Å². The normalized spacial score (nSPS) is 11.6. The van der Waals surface area contributed by atoms with Crippen LogP contribution in [-0.2, 0) is 0 Å². The van der Waals surface area contributed by atoms with Crippen molar-refractivity contribution in [2.75, 3.05) is 0 Å². The van der Waals surface area contributed by atoms with E-state index in [1.54, 1.807) is 6.33 Å². The molecule has 14 radical (unpaired) electrons. The molecule has 0 unspecified atom stereocenters. The molecule has 3 aromatic heterocycles. The minimum Gasteiger partial charge on any atom is -0.452 e. The van der Waals surface area contributed by atoms with Crippen molar-refractivity contribution >= 4 is 147 Å². The molecule has 3 nitrogen and oxygen atoms in total. The lowest BCUT2D eigenvalue weighted by molar-refractivity contribution is 0.667. The van der Waals surface area contributed by atoms with E-state index in [0.717, 1.165) is 43.5 Å². The minimum atomic E-state index is 0.197. The van der Waals surface area contributed by atoms with Crippen LogP contribution in [0.1, 0.15) is 0 Å². The van der Waals surface area contributed by atoms with Crippen molar-refractivity contribution in [2.24, 2.45) is 0 Å². The van der Waals surface area contributed by atoms with Gasteiger partial charge < -0.3 is 4.42 Å². The largest absolute Gasteiger partial charge is 0.452 e. The van der Waals surface area contributed by atoms with Gasteiger partial charge in [0.1, 0.15) is 78.0 Å². The van der Waals surface area contributed by atoms with Crippen LogP contribution in [0.5, 0.6) is 0 Å². The number of fused-ring (bicyclic) bond motifs is 6. The van der Waals surface area contributed by atoms with Crippen LogP contribution in [0.25, 0.3) is 98.0 Å². The number of hydrogen-bond donors (Lipinski definition) is 0. The molecular formula is C46H21B7N2OS. The Morgan fingerprint density at radius 2 is 0.947 bits per heavy atom. The number of benzene rings is 7. The maximum absolute atomic E-state index is 6.75. The van der Waals surface area contributed by atoms with Crippen molar-refractivity contribution in [3.8, 4) is 55.8 Å². The lowest BCUT2D eigenvalue weighted by atomic mass is 9.64. The molecule has 7 aromatic carbocycles. The third-order valence-corrected chi connectivity index (χ3v) is 12.1. The van der Waals surface area contributed by atoms with E-state index >= 15 is 0 Å². The summed E-state index contributed by atoms with van der Waals surface area (Å²) in [7, 11) is 45.4. The van der Waals surface area contributed by atoms with Gasteiger partial charge in [-0.2, -0.15) is 0 Å². The zero-order valence-corrected chi connectivity index (χ0v) is 31.2. The number of rotatable bonds is 5. The zero-order chi connectivity index (χ0) is 39.1. The molecule has 10 aromatic rings. The first-order chi connectivity index (χ1) is 27.7. The van der Waals surface area contributed by atoms with Crippen molar-refractivity contribution in [3.05, 3.63) is 128 Å². The Kier molecular flexibility index (Phi) is 8.49. The molecule has 0 fully saturated rings. The van der Waals surface area contributed by atoms with Crippen LogP contribution in [0.2, 0.25) is 0 Å². The lowest BCUT2D eigenvalue weighted by Crippen LogP contribution is -2.47. The summed E-state index contributed by atoms with van der Waals surface area (Å²) < 4.78 is 7.91. The molecule has 0 spiro atoms. The first-order valence-corrected chi connectivity index (χ1v) is 19.0. The highest BCUT2D eigenvalue weighted by Gasteiger charge is 2.22.